The minimum Gasteiger partial charge on any atom is -0.462 e. The summed E-state index contributed by atoms with van der Waals surface area (Å²) in [5.74, 6) is -2.98. The molecule has 0 N–H and O–H groups in total. The molecular formula is C52H42O8. The van der Waals surface area contributed by atoms with Crippen LogP contribution in [-0.2, 0) is 18.9 Å². The van der Waals surface area contributed by atoms with Crippen LogP contribution in [0, 0.1) is 0 Å². The van der Waals surface area contributed by atoms with Gasteiger partial charge in [-0.3, -0.25) is 0 Å². The van der Waals surface area contributed by atoms with Crippen molar-refractivity contribution < 1.29 is 38.1 Å². The molecule has 0 saturated carbocycles. The monoisotopic (exact) mass is 794 g/mol. The Morgan fingerprint density at radius 1 is 0.317 bits per heavy atom. The lowest BCUT2D eigenvalue weighted by Gasteiger charge is -2.12. The Hall–Kier alpha value is -7.32. The number of hydrogen-bond donors (Lipinski definition) is 0. The van der Waals surface area contributed by atoms with Gasteiger partial charge in [0.25, 0.3) is 0 Å². The number of carbonyl (C=O) groups is 4. The molecule has 0 spiro atoms. The molecule has 0 aromatic carbocycles. The van der Waals surface area contributed by atoms with Crippen molar-refractivity contribution in [2.24, 2.45) is 0 Å². The molecule has 60 heavy (non-hydrogen) atoms. The van der Waals surface area contributed by atoms with Gasteiger partial charge >= 0.3 is 23.9 Å². The van der Waals surface area contributed by atoms with E-state index in [0.717, 1.165) is 44.5 Å². The first-order valence-electron chi connectivity index (χ1n) is 20.1. The van der Waals surface area contributed by atoms with Crippen molar-refractivity contribution in [1.82, 2.24) is 0 Å². The van der Waals surface area contributed by atoms with Gasteiger partial charge in [-0.15, -0.1) is 0 Å². The Balaban J connectivity index is 1.46. The quantitative estimate of drug-likeness (QED) is 0.0941. The summed E-state index contributed by atoms with van der Waals surface area (Å²) >= 11 is 0. The van der Waals surface area contributed by atoms with Gasteiger partial charge in [-0.25, -0.2) is 19.2 Å². The minimum absolute atomic E-state index is 0.00449. The summed E-state index contributed by atoms with van der Waals surface area (Å²) in [7, 11) is 0. The maximum absolute atomic E-state index is 14.4. The number of ether oxygens (including phenoxy) is 4. The highest BCUT2D eigenvalue weighted by Gasteiger charge is 2.41. The normalized spacial score (nSPS) is 11.2. The Bertz CT molecular complexity index is 2430. The molecule has 8 aliphatic rings. The molecule has 0 heterocycles. The molecule has 0 unspecified atom stereocenters. The lowest BCUT2D eigenvalue weighted by Crippen LogP contribution is -2.13. The SMILES string of the molecule is CCOC(=O)c1c2ccc(-c3cc4cccccc-4c3)ccc-2c(C(=O)OCC)c1-c1c(C(=O)OCC)c2ccc(-c3cc4cccccc-4c3)ccc-2c1C(=O)OCC. The van der Waals surface area contributed by atoms with E-state index in [0.29, 0.717) is 22.3 Å². The number of rotatable bonds is 11. The third-order valence-corrected chi connectivity index (χ3v) is 10.7. The van der Waals surface area contributed by atoms with Crippen molar-refractivity contribution in [3.8, 4) is 77.9 Å². The minimum atomic E-state index is -0.744. The Morgan fingerprint density at radius 3 is 0.800 bits per heavy atom. The van der Waals surface area contributed by atoms with Crippen molar-refractivity contribution >= 4 is 23.9 Å². The van der Waals surface area contributed by atoms with Gasteiger partial charge < -0.3 is 18.9 Å². The summed E-state index contributed by atoms with van der Waals surface area (Å²) in [6.07, 6.45) is 0. The number of fused-ring (bicyclic) bond motifs is 4. The van der Waals surface area contributed by atoms with Gasteiger partial charge in [0.15, 0.2) is 0 Å². The summed E-state index contributed by atoms with van der Waals surface area (Å²) in [5.41, 5.74) is 9.36. The van der Waals surface area contributed by atoms with Crippen LogP contribution in [0.3, 0.4) is 0 Å². The molecule has 0 radical (unpaired) electrons. The maximum Gasteiger partial charge on any atom is 0.339 e. The predicted molar refractivity (Wildman–Crippen MR) is 233 cm³/mol. The Kier molecular flexibility index (Phi) is 11.1. The summed E-state index contributed by atoms with van der Waals surface area (Å²) in [4.78, 5) is 57.7. The number of hydrogen-bond acceptors (Lipinski definition) is 8. The van der Waals surface area contributed by atoms with E-state index in [2.05, 4.69) is 24.3 Å². The zero-order chi connectivity index (χ0) is 41.9. The first-order chi connectivity index (χ1) is 29.3. The fraction of sp³-hybridized carbons (Fsp3) is 0.154. The third kappa shape index (κ3) is 7.11. The standard InChI is InChI=1S/C52H42O8/c1-5-57-49(53)43-39-23-19-31(37-27-33-15-11-9-12-16-34(33)28-37)20-24-40(39)44(50(54)58-6-2)47(43)48-45(51(55)59-7-3)41-25-21-32(22-26-42(41)46(48)52(56)60-8-4)38-29-35-17-13-10-14-18-36(35)30-38/h9-30H,5-8H2,1-4H3. The molecule has 0 fully saturated rings. The van der Waals surface area contributed by atoms with Crippen molar-refractivity contribution in [2.75, 3.05) is 26.4 Å². The highest BCUT2D eigenvalue weighted by molar-refractivity contribution is 6.24. The molecule has 298 valence electrons. The van der Waals surface area contributed by atoms with E-state index in [1.807, 2.05) is 84.9 Å². The zero-order valence-electron chi connectivity index (χ0n) is 33.8. The second kappa shape index (κ2) is 16.9. The van der Waals surface area contributed by atoms with E-state index in [1.165, 1.54) is 0 Å². The van der Waals surface area contributed by atoms with Gasteiger partial charge in [-0.05, 0) is 119 Å². The second-order valence-electron chi connectivity index (χ2n) is 14.2. The van der Waals surface area contributed by atoms with Gasteiger partial charge in [-0.1, -0.05) is 109 Å². The topological polar surface area (TPSA) is 105 Å². The molecule has 8 aliphatic carbocycles. The van der Waals surface area contributed by atoms with Crippen LogP contribution in [0.4, 0.5) is 0 Å². The van der Waals surface area contributed by atoms with Gasteiger partial charge in [0.2, 0.25) is 0 Å². The maximum atomic E-state index is 14.4. The molecule has 0 amide bonds. The average Bonchev–Trinajstić information content (AvgIpc) is 3.79. The van der Waals surface area contributed by atoms with Crippen molar-refractivity contribution in [3.05, 3.63) is 156 Å². The van der Waals surface area contributed by atoms with Crippen LogP contribution in [0.2, 0.25) is 0 Å². The second-order valence-corrected chi connectivity index (χ2v) is 14.2. The van der Waals surface area contributed by atoms with Crippen LogP contribution in [-0.4, -0.2) is 50.3 Å². The molecule has 0 aromatic rings. The van der Waals surface area contributed by atoms with E-state index in [1.54, 1.807) is 52.0 Å². The largest absolute Gasteiger partial charge is 0.462 e. The Morgan fingerprint density at radius 2 is 0.567 bits per heavy atom. The molecular weight excluding hydrogens is 753 g/mol. The van der Waals surface area contributed by atoms with E-state index in [9.17, 15) is 19.2 Å². The molecule has 0 atom stereocenters. The van der Waals surface area contributed by atoms with Gasteiger partial charge in [0.1, 0.15) is 0 Å². The van der Waals surface area contributed by atoms with Crippen molar-refractivity contribution in [1.29, 1.82) is 0 Å². The predicted octanol–water partition coefficient (Wildman–Crippen LogP) is 11.8. The first kappa shape index (κ1) is 39.5. The molecule has 0 aliphatic heterocycles. The van der Waals surface area contributed by atoms with Crippen LogP contribution >= 0.6 is 0 Å². The fourth-order valence-electron chi connectivity index (χ4n) is 8.13. The molecule has 8 nitrogen and oxygen atoms in total. The zero-order valence-corrected chi connectivity index (χ0v) is 33.8. The molecule has 0 aromatic heterocycles. The van der Waals surface area contributed by atoms with Crippen LogP contribution in [0.1, 0.15) is 69.1 Å². The van der Waals surface area contributed by atoms with Crippen LogP contribution < -0.4 is 0 Å². The smallest absolute Gasteiger partial charge is 0.339 e. The highest BCUT2D eigenvalue weighted by atomic mass is 16.5. The summed E-state index contributed by atoms with van der Waals surface area (Å²) in [6.45, 7) is 6.83. The van der Waals surface area contributed by atoms with Crippen molar-refractivity contribution in [2.45, 2.75) is 27.7 Å². The molecule has 8 heteroatoms. The molecule has 8 rings (SSSR count). The van der Waals surface area contributed by atoms with E-state index in [-0.39, 0.29) is 59.8 Å². The molecule has 0 bridgehead atoms. The highest BCUT2D eigenvalue weighted by Crippen LogP contribution is 2.51. The van der Waals surface area contributed by atoms with E-state index in [4.69, 9.17) is 18.9 Å². The van der Waals surface area contributed by atoms with E-state index < -0.39 is 23.9 Å². The summed E-state index contributed by atoms with van der Waals surface area (Å²) in [5, 5.41) is 0. The van der Waals surface area contributed by atoms with Crippen LogP contribution in [0.15, 0.2) is 133 Å². The fourth-order valence-corrected chi connectivity index (χ4v) is 8.13. The number of carbonyl (C=O) groups excluding carboxylic acids is 4. The average molecular weight is 795 g/mol. The van der Waals surface area contributed by atoms with Gasteiger partial charge in [0, 0.05) is 11.1 Å². The Labute approximate surface area is 348 Å². The van der Waals surface area contributed by atoms with Crippen LogP contribution in [0.25, 0.3) is 77.9 Å². The number of esters is 4. The summed E-state index contributed by atoms with van der Waals surface area (Å²) in [6, 6.07) is 43.0. The lowest BCUT2D eigenvalue weighted by molar-refractivity contribution is 0.0507. The van der Waals surface area contributed by atoms with Gasteiger partial charge in [0.05, 0.1) is 48.7 Å². The first-order valence-corrected chi connectivity index (χ1v) is 20.1. The van der Waals surface area contributed by atoms with E-state index >= 15 is 0 Å². The summed E-state index contributed by atoms with van der Waals surface area (Å²) < 4.78 is 22.8. The van der Waals surface area contributed by atoms with Gasteiger partial charge in [-0.2, -0.15) is 0 Å². The lowest BCUT2D eigenvalue weighted by atomic mass is 9.95. The van der Waals surface area contributed by atoms with Crippen molar-refractivity contribution in [3.63, 3.8) is 0 Å². The molecule has 0 saturated heterocycles. The third-order valence-electron chi connectivity index (χ3n) is 10.7. The van der Waals surface area contributed by atoms with Crippen LogP contribution in [0.5, 0.6) is 0 Å².